The second-order valence-electron chi connectivity index (χ2n) is 7.90. The van der Waals surface area contributed by atoms with E-state index >= 15 is 0 Å². The summed E-state index contributed by atoms with van der Waals surface area (Å²) in [4.78, 5) is 9.28. The van der Waals surface area contributed by atoms with Crippen LogP contribution in [0.5, 0.6) is 0 Å². The predicted molar refractivity (Wildman–Crippen MR) is 128 cm³/mol. The zero-order valence-corrected chi connectivity index (χ0v) is 19.8. The molecule has 2 saturated heterocycles. The zero-order valence-electron chi connectivity index (χ0n) is 17.5. The number of hydrogen-bond donors (Lipinski definition) is 2. The minimum atomic E-state index is 0. The maximum absolute atomic E-state index is 5.57. The van der Waals surface area contributed by atoms with E-state index in [1.807, 2.05) is 7.05 Å². The van der Waals surface area contributed by atoms with Gasteiger partial charge in [-0.25, -0.2) is 0 Å². The maximum Gasteiger partial charge on any atom is 0.191 e. The Balaban J connectivity index is 0.00000280. The summed E-state index contributed by atoms with van der Waals surface area (Å²) in [5, 5.41) is 7.22. The smallest absolute Gasteiger partial charge is 0.191 e. The topological polar surface area (TPSA) is 52.1 Å². The number of benzene rings is 1. The normalized spacial score (nSPS) is 20.6. The zero-order chi connectivity index (χ0) is 19.1. The Hall–Kier alpha value is -1.06. The van der Waals surface area contributed by atoms with Gasteiger partial charge in [-0.3, -0.25) is 4.99 Å². The molecule has 3 rings (SSSR count). The molecule has 1 aromatic carbocycles. The molecule has 0 amide bonds. The largest absolute Gasteiger partial charge is 0.381 e. The first-order valence-corrected chi connectivity index (χ1v) is 10.2. The molecular formula is C21H36IN5O. The van der Waals surface area contributed by atoms with Crippen LogP contribution in [0.1, 0.15) is 25.7 Å². The fourth-order valence-electron chi connectivity index (χ4n) is 4.09. The van der Waals surface area contributed by atoms with Gasteiger partial charge in [0.25, 0.3) is 0 Å². The van der Waals surface area contributed by atoms with Crippen molar-refractivity contribution >= 4 is 35.6 Å². The summed E-state index contributed by atoms with van der Waals surface area (Å²) in [5.41, 5.74) is 1.47. The van der Waals surface area contributed by atoms with Crippen LogP contribution in [0.4, 0.5) is 5.69 Å². The first kappa shape index (κ1) is 23.2. The van der Waals surface area contributed by atoms with Gasteiger partial charge in [-0.1, -0.05) is 18.2 Å². The molecular weight excluding hydrogens is 465 g/mol. The Morgan fingerprint density at radius 1 is 1.18 bits per heavy atom. The molecule has 6 nitrogen and oxygen atoms in total. The lowest BCUT2D eigenvalue weighted by molar-refractivity contribution is -0.00503. The van der Waals surface area contributed by atoms with Gasteiger partial charge >= 0.3 is 0 Å². The van der Waals surface area contributed by atoms with Crippen molar-refractivity contribution in [3.8, 4) is 0 Å². The highest BCUT2D eigenvalue weighted by atomic mass is 127. The van der Waals surface area contributed by atoms with Crippen LogP contribution < -0.4 is 15.5 Å². The molecule has 0 atom stereocenters. The number of ether oxygens (including phenoxy) is 1. The van der Waals surface area contributed by atoms with Crippen molar-refractivity contribution in [1.82, 2.24) is 15.5 Å². The van der Waals surface area contributed by atoms with Crippen LogP contribution in [0.15, 0.2) is 35.3 Å². The van der Waals surface area contributed by atoms with Crippen molar-refractivity contribution in [2.75, 3.05) is 58.9 Å². The fraction of sp³-hybridized carbons (Fsp3) is 0.667. The number of piperidine rings is 1. The Bertz CT molecular complexity index is 596. The standard InChI is InChI=1S/C21H35N5O.HI/c1-22-20(23-17-21(25(2)3)11-15-27-16-12-21)24-18-9-13-26(14-10-18)19-7-5-4-6-8-19;/h4-8,18H,9-17H2,1-3H3,(H2,22,23,24);1H. The predicted octanol–water partition coefficient (Wildman–Crippen LogP) is 2.55. The van der Waals surface area contributed by atoms with Gasteiger partial charge in [-0.2, -0.15) is 0 Å². The molecule has 2 heterocycles. The van der Waals surface area contributed by atoms with Gasteiger partial charge in [0.15, 0.2) is 5.96 Å². The van der Waals surface area contributed by atoms with Crippen LogP contribution in [-0.4, -0.2) is 76.4 Å². The molecule has 0 aromatic heterocycles. The number of para-hydroxylation sites is 1. The number of aliphatic imine (C=N–C) groups is 1. The monoisotopic (exact) mass is 501 g/mol. The molecule has 1 aromatic rings. The van der Waals surface area contributed by atoms with Gasteiger partial charge in [0.05, 0.1) is 0 Å². The Morgan fingerprint density at radius 2 is 1.82 bits per heavy atom. The van der Waals surface area contributed by atoms with E-state index in [1.54, 1.807) is 0 Å². The van der Waals surface area contributed by atoms with E-state index in [9.17, 15) is 0 Å². The van der Waals surface area contributed by atoms with Crippen molar-refractivity contribution in [3.05, 3.63) is 30.3 Å². The fourth-order valence-corrected chi connectivity index (χ4v) is 4.09. The van der Waals surface area contributed by atoms with E-state index < -0.39 is 0 Å². The van der Waals surface area contributed by atoms with Crippen molar-refractivity contribution in [2.24, 2.45) is 4.99 Å². The van der Waals surface area contributed by atoms with E-state index in [4.69, 9.17) is 4.74 Å². The van der Waals surface area contributed by atoms with Crippen LogP contribution in [0, 0.1) is 0 Å². The average molecular weight is 501 g/mol. The third-order valence-electron chi connectivity index (χ3n) is 6.14. The second-order valence-corrected chi connectivity index (χ2v) is 7.90. The molecule has 0 radical (unpaired) electrons. The number of anilines is 1. The molecule has 0 aliphatic carbocycles. The lowest BCUT2D eigenvalue weighted by Gasteiger charge is -2.43. The van der Waals surface area contributed by atoms with E-state index in [-0.39, 0.29) is 29.5 Å². The Kier molecular flexibility index (Phi) is 9.30. The van der Waals surface area contributed by atoms with Crippen LogP contribution in [0.25, 0.3) is 0 Å². The van der Waals surface area contributed by atoms with Gasteiger partial charge in [0.2, 0.25) is 0 Å². The summed E-state index contributed by atoms with van der Waals surface area (Å²) in [5.74, 6) is 0.917. The third kappa shape index (κ3) is 5.97. The number of guanidine groups is 1. The summed E-state index contributed by atoms with van der Waals surface area (Å²) in [6.07, 6.45) is 4.36. The average Bonchev–Trinajstić information content (AvgIpc) is 2.73. The van der Waals surface area contributed by atoms with Crippen molar-refractivity contribution < 1.29 is 4.74 Å². The molecule has 0 saturated carbocycles. The molecule has 0 spiro atoms. The van der Waals surface area contributed by atoms with E-state index in [2.05, 4.69) is 69.9 Å². The molecule has 2 N–H and O–H groups in total. The number of halogens is 1. The van der Waals surface area contributed by atoms with Gasteiger partial charge in [0.1, 0.15) is 0 Å². The van der Waals surface area contributed by atoms with Gasteiger partial charge < -0.3 is 25.2 Å². The van der Waals surface area contributed by atoms with Gasteiger partial charge in [-0.05, 0) is 51.9 Å². The van der Waals surface area contributed by atoms with E-state index in [0.717, 1.165) is 64.5 Å². The third-order valence-corrected chi connectivity index (χ3v) is 6.14. The van der Waals surface area contributed by atoms with Gasteiger partial charge in [0, 0.05) is 57.2 Å². The van der Waals surface area contributed by atoms with Crippen LogP contribution in [0.2, 0.25) is 0 Å². The maximum atomic E-state index is 5.57. The summed E-state index contributed by atoms with van der Waals surface area (Å²) in [6.45, 7) is 4.73. The lowest BCUT2D eigenvalue weighted by Crippen LogP contribution is -2.58. The summed E-state index contributed by atoms with van der Waals surface area (Å²) < 4.78 is 5.57. The summed E-state index contributed by atoms with van der Waals surface area (Å²) >= 11 is 0. The number of nitrogens with one attached hydrogen (secondary N) is 2. The van der Waals surface area contributed by atoms with Crippen LogP contribution in [-0.2, 0) is 4.74 Å². The van der Waals surface area contributed by atoms with Crippen LogP contribution in [0.3, 0.4) is 0 Å². The second kappa shape index (κ2) is 11.2. The van der Waals surface area contributed by atoms with E-state index in [1.165, 1.54) is 5.69 Å². The highest BCUT2D eigenvalue weighted by molar-refractivity contribution is 14.0. The number of hydrogen-bond acceptors (Lipinski definition) is 4. The quantitative estimate of drug-likeness (QED) is 0.369. The van der Waals surface area contributed by atoms with Crippen molar-refractivity contribution in [3.63, 3.8) is 0 Å². The first-order chi connectivity index (χ1) is 13.1. The molecule has 2 aliphatic rings. The number of nitrogens with zero attached hydrogens (tertiary/aromatic N) is 3. The minimum absolute atomic E-state index is 0. The molecule has 0 bridgehead atoms. The van der Waals surface area contributed by atoms with E-state index in [0.29, 0.717) is 6.04 Å². The van der Waals surface area contributed by atoms with Crippen molar-refractivity contribution in [2.45, 2.75) is 37.3 Å². The molecule has 7 heteroatoms. The van der Waals surface area contributed by atoms with Crippen molar-refractivity contribution in [1.29, 1.82) is 0 Å². The molecule has 2 aliphatic heterocycles. The molecule has 158 valence electrons. The molecule has 0 unspecified atom stereocenters. The first-order valence-electron chi connectivity index (χ1n) is 10.2. The van der Waals surface area contributed by atoms with Crippen LogP contribution >= 0.6 is 24.0 Å². The summed E-state index contributed by atoms with van der Waals surface area (Å²) in [7, 11) is 6.20. The Labute approximate surface area is 187 Å². The molecule has 28 heavy (non-hydrogen) atoms. The Morgan fingerprint density at radius 3 is 2.39 bits per heavy atom. The number of rotatable bonds is 5. The summed E-state index contributed by atoms with van der Waals surface area (Å²) in [6, 6.07) is 11.2. The van der Waals surface area contributed by atoms with Gasteiger partial charge in [-0.15, -0.1) is 24.0 Å². The lowest BCUT2D eigenvalue weighted by atomic mass is 9.88. The minimum Gasteiger partial charge on any atom is -0.381 e. The SMILES string of the molecule is CN=C(NCC1(N(C)C)CCOCC1)NC1CCN(c2ccccc2)CC1.I. The molecule has 2 fully saturated rings. The number of likely N-dealkylation sites (N-methyl/N-ethyl adjacent to an activating group) is 1. The highest BCUT2D eigenvalue weighted by Gasteiger charge is 2.35. The highest BCUT2D eigenvalue weighted by Crippen LogP contribution is 2.25.